The van der Waals surface area contributed by atoms with Gasteiger partial charge in [0, 0.05) is 10.4 Å². The molecular formula is C14H14BrNO2S. The van der Waals surface area contributed by atoms with E-state index in [0.717, 1.165) is 14.4 Å². The third-order valence-electron chi connectivity index (χ3n) is 2.48. The Kier molecular flexibility index (Phi) is 4.99. The monoisotopic (exact) mass is 339 g/mol. The van der Waals surface area contributed by atoms with E-state index in [9.17, 15) is 4.79 Å². The van der Waals surface area contributed by atoms with Gasteiger partial charge in [-0.3, -0.25) is 4.79 Å². The Morgan fingerprint density at radius 3 is 2.58 bits per heavy atom. The zero-order chi connectivity index (χ0) is 13.7. The summed E-state index contributed by atoms with van der Waals surface area (Å²) >= 11 is 5.01. The fraction of sp³-hybridized carbons (Fsp3) is 0.214. The lowest BCUT2D eigenvalue weighted by Gasteiger charge is -2.05. The van der Waals surface area contributed by atoms with Crippen molar-refractivity contribution in [3.05, 3.63) is 50.6 Å². The molecule has 0 radical (unpaired) electrons. The van der Waals surface area contributed by atoms with Crippen molar-refractivity contribution in [2.75, 3.05) is 6.61 Å². The molecule has 0 fully saturated rings. The van der Waals surface area contributed by atoms with Gasteiger partial charge in [-0.1, -0.05) is 0 Å². The summed E-state index contributed by atoms with van der Waals surface area (Å²) in [5.41, 5.74) is 0.638. The number of hydrogen-bond acceptors (Lipinski definition) is 3. The van der Waals surface area contributed by atoms with Gasteiger partial charge in [0.2, 0.25) is 0 Å². The van der Waals surface area contributed by atoms with Crippen molar-refractivity contribution in [1.29, 1.82) is 0 Å². The van der Waals surface area contributed by atoms with Crippen molar-refractivity contribution in [2.24, 2.45) is 0 Å². The van der Waals surface area contributed by atoms with E-state index in [2.05, 4.69) is 21.2 Å². The normalized spacial score (nSPS) is 10.2. The van der Waals surface area contributed by atoms with Gasteiger partial charge >= 0.3 is 0 Å². The molecule has 1 aromatic carbocycles. The van der Waals surface area contributed by atoms with Gasteiger partial charge in [0.15, 0.2) is 0 Å². The van der Waals surface area contributed by atoms with Crippen LogP contribution in [0.2, 0.25) is 0 Å². The van der Waals surface area contributed by atoms with Crippen molar-refractivity contribution in [3.63, 3.8) is 0 Å². The Morgan fingerprint density at radius 2 is 2.00 bits per heavy atom. The lowest BCUT2D eigenvalue weighted by molar-refractivity contribution is 0.0951. The number of carbonyl (C=O) groups excluding carboxylic acids is 1. The molecule has 1 amide bonds. The third-order valence-corrected chi connectivity index (χ3v) is 4.10. The Labute approximate surface area is 124 Å². The first-order valence-electron chi connectivity index (χ1n) is 5.94. The molecule has 1 aromatic heterocycles. The van der Waals surface area contributed by atoms with E-state index in [0.29, 0.717) is 18.7 Å². The van der Waals surface area contributed by atoms with Gasteiger partial charge in [0.05, 0.1) is 16.9 Å². The van der Waals surface area contributed by atoms with Crippen LogP contribution in [0.4, 0.5) is 0 Å². The van der Waals surface area contributed by atoms with Crippen molar-refractivity contribution in [1.82, 2.24) is 5.32 Å². The fourth-order valence-electron chi connectivity index (χ4n) is 1.59. The first-order valence-corrected chi connectivity index (χ1v) is 7.55. The average Bonchev–Trinajstić information content (AvgIpc) is 2.83. The molecule has 0 atom stereocenters. The highest BCUT2D eigenvalue weighted by molar-refractivity contribution is 9.11. The van der Waals surface area contributed by atoms with Crippen LogP contribution in [0.3, 0.4) is 0 Å². The number of benzene rings is 1. The standard InChI is InChI=1S/C14H14BrNO2S/c1-2-18-11-5-3-10(4-6-11)14(17)16-9-12-7-8-13(15)19-12/h3-8H,2,9H2,1H3,(H,16,17). The molecule has 0 unspecified atom stereocenters. The van der Waals surface area contributed by atoms with Crippen molar-refractivity contribution < 1.29 is 9.53 Å². The largest absolute Gasteiger partial charge is 0.494 e. The number of carbonyl (C=O) groups is 1. The molecule has 1 N–H and O–H groups in total. The minimum atomic E-state index is -0.0763. The molecule has 0 spiro atoms. The Hall–Kier alpha value is -1.33. The first-order chi connectivity index (χ1) is 9.19. The summed E-state index contributed by atoms with van der Waals surface area (Å²) < 4.78 is 6.40. The van der Waals surface area contributed by atoms with E-state index in [1.54, 1.807) is 35.6 Å². The molecule has 1 heterocycles. The topological polar surface area (TPSA) is 38.3 Å². The van der Waals surface area contributed by atoms with Crippen LogP contribution >= 0.6 is 27.3 Å². The summed E-state index contributed by atoms with van der Waals surface area (Å²) in [6.07, 6.45) is 0. The fourth-order valence-corrected chi connectivity index (χ4v) is 3.01. The van der Waals surface area contributed by atoms with Gasteiger partial charge < -0.3 is 10.1 Å². The van der Waals surface area contributed by atoms with Crippen molar-refractivity contribution >= 4 is 33.2 Å². The maximum absolute atomic E-state index is 11.9. The lowest BCUT2D eigenvalue weighted by atomic mass is 10.2. The van der Waals surface area contributed by atoms with Crippen LogP contribution in [0.25, 0.3) is 0 Å². The number of halogens is 1. The molecule has 0 aliphatic carbocycles. The lowest BCUT2D eigenvalue weighted by Crippen LogP contribution is -2.22. The summed E-state index contributed by atoms with van der Waals surface area (Å²) in [5, 5.41) is 2.89. The maximum atomic E-state index is 11.9. The molecule has 0 saturated heterocycles. The van der Waals surface area contributed by atoms with Gasteiger partial charge in [-0.25, -0.2) is 0 Å². The minimum Gasteiger partial charge on any atom is -0.494 e. The van der Waals surface area contributed by atoms with E-state index < -0.39 is 0 Å². The van der Waals surface area contributed by atoms with E-state index in [-0.39, 0.29) is 5.91 Å². The summed E-state index contributed by atoms with van der Waals surface area (Å²) in [5.74, 6) is 0.703. The Morgan fingerprint density at radius 1 is 1.26 bits per heavy atom. The predicted molar refractivity (Wildman–Crippen MR) is 80.8 cm³/mol. The highest BCUT2D eigenvalue weighted by Crippen LogP contribution is 2.21. The number of nitrogens with one attached hydrogen (secondary N) is 1. The molecule has 3 nitrogen and oxygen atoms in total. The summed E-state index contributed by atoms with van der Waals surface area (Å²) in [6.45, 7) is 3.10. The molecule has 2 rings (SSSR count). The zero-order valence-electron chi connectivity index (χ0n) is 10.5. The smallest absolute Gasteiger partial charge is 0.251 e. The number of ether oxygens (including phenoxy) is 1. The van der Waals surface area contributed by atoms with Crippen LogP contribution in [-0.2, 0) is 6.54 Å². The average molecular weight is 340 g/mol. The van der Waals surface area contributed by atoms with Crippen LogP contribution in [0, 0.1) is 0 Å². The van der Waals surface area contributed by atoms with Gasteiger partial charge in [-0.15, -0.1) is 11.3 Å². The molecule has 100 valence electrons. The second-order valence-corrected chi connectivity index (χ2v) is 6.39. The highest BCUT2D eigenvalue weighted by atomic mass is 79.9. The quantitative estimate of drug-likeness (QED) is 0.898. The summed E-state index contributed by atoms with van der Waals surface area (Å²) in [7, 11) is 0. The molecule has 0 aliphatic rings. The van der Waals surface area contributed by atoms with E-state index in [4.69, 9.17) is 4.74 Å². The van der Waals surface area contributed by atoms with Crippen LogP contribution in [0.5, 0.6) is 5.75 Å². The van der Waals surface area contributed by atoms with Gasteiger partial charge in [0.25, 0.3) is 5.91 Å². The molecule has 0 aliphatic heterocycles. The van der Waals surface area contributed by atoms with E-state index >= 15 is 0 Å². The van der Waals surface area contributed by atoms with Crippen molar-refractivity contribution in [2.45, 2.75) is 13.5 Å². The molecule has 0 bridgehead atoms. The second-order valence-electron chi connectivity index (χ2n) is 3.85. The van der Waals surface area contributed by atoms with Gasteiger partial charge in [-0.05, 0) is 59.3 Å². The van der Waals surface area contributed by atoms with E-state index in [1.165, 1.54) is 0 Å². The van der Waals surface area contributed by atoms with E-state index in [1.807, 2.05) is 19.1 Å². The number of rotatable bonds is 5. The Balaban J connectivity index is 1.92. The molecule has 5 heteroatoms. The summed E-state index contributed by atoms with van der Waals surface area (Å²) in [6, 6.07) is 11.1. The second kappa shape index (κ2) is 6.73. The van der Waals surface area contributed by atoms with Crippen LogP contribution in [0.1, 0.15) is 22.2 Å². The SMILES string of the molecule is CCOc1ccc(C(=O)NCc2ccc(Br)s2)cc1. The third kappa shape index (κ3) is 4.08. The molecule has 19 heavy (non-hydrogen) atoms. The maximum Gasteiger partial charge on any atom is 0.251 e. The predicted octanol–water partition coefficient (Wildman–Crippen LogP) is 3.84. The highest BCUT2D eigenvalue weighted by Gasteiger charge is 2.06. The van der Waals surface area contributed by atoms with Crippen LogP contribution in [-0.4, -0.2) is 12.5 Å². The number of thiophene rings is 1. The van der Waals surface area contributed by atoms with Crippen LogP contribution < -0.4 is 10.1 Å². The minimum absolute atomic E-state index is 0.0763. The van der Waals surface area contributed by atoms with Gasteiger partial charge in [-0.2, -0.15) is 0 Å². The molecular weight excluding hydrogens is 326 g/mol. The van der Waals surface area contributed by atoms with Crippen molar-refractivity contribution in [3.8, 4) is 5.75 Å². The molecule has 2 aromatic rings. The Bertz CT molecular complexity index is 551. The zero-order valence-corrected chi connectivity index (χ0v) is 12.9. The number of hydrogen-bond donors (Lipinski definition) is 1. The first kappa shape index (κ1) is 14.1. The van der Waals surface area contributed by atoms with Crippen LogP contribution in [0.15, 0.2) is 40.2 Å². The number of amides is 1. The molecule has 0 saturated carbocycles. The summed E-state index contributed by atoms with van der Waals surface area (Å²) in [4.78, 5) is 13.1. The van der Waals surface area contributed by atoms with Gasteiger partial charge in [0.1, 0.15) is 5.75 Å².